The molecule has 0 bridgehead atoms. The minimum Gasteiger partial charge on any atom is -0.493 e. The van der Waals surface area contributed by atoms with Crippen LogP contribution < -0.4 is 19.1 Å². The maximum atomic E-state index is 13.5. The summed E-state index contributed by atoms with van der Waals surface area (Å²) in [5.74, 6) is 0.653. The highest BCUT2D eigenvalue weighted by Crippen LogP contribution is 2.30. The van der Waals surface area contributed by atoms with Gasteiger partial charge in [0.05, 0.1) is 30.8 Å². The average molecular weight is 503 g/mol. The minimum atomic E-state index is -4.03. The van der Waals surface area contributed by atoms with E-state index in [1.807, 2.05) is 19.1 Å². The van der Waals surface area contributed by atoms with Crippen LogP contribution in [0, 0.1) is 6.92 Å². The van der Waals surface area contributed by atoms with E-state index >= 15 is 0 Å². The van der Waals surface area contributed by atoms with Gasteiger partial charge in [-0.1, -0.05) is 35.9 Å². The Labute approximate surface area is 205 Å². The van der Waals surface area contributed by atoms with Crippen LogP contribution in [0.1, 0.15) is 24.1 Å². The molecule has 9 heteroatoms. The molecule has 0 unspecified atom stereocenters. The van der Waals surface area contributed by atoms with Crippen LogP contribution in [0.5, 0.6) is 11.5 Å². The molecule has 3 aromatic carbocycles. The van der Waals surface area contributed by atoms with E-state index in [2.05, 4.69) is 5.32 Å². The van der Waals surface area contributed by atoms with Crippen molar-refractivity contribution in [2.45, 2.75) is 24.8 Å². The van der Waals surface area contributed by atoms with Crippen molar-refractivity contribution in [2.75, 3.05) is 25.1 Å². The molecule has 34 heavy (non-hydrogen) atoms. The number of benzene rings is 3. The average Bonchev–Trinajstić information content (AvgIpc) is 2.82. The van der Waals surface area contributed by atoms with Crippen LogP contribution >= 0.6 is 11.6 Å². The fraction of sp³-hybridized carbons (Fsp3) is 0.240. The molecule has 1 atom stereocenters. The van der Waals surface area contributed by atoms with Gasteiger partial charge in [-0.3, -0.25) is 9.10 Å². The summed E-state index contributed by atoms with van der Waals surface area (Å²) >= 11 is 5.93. The molecule has 0 aromatic heterocycles. The largest absolute Gasteiger partial charge is 0.493 e. The summed E-state index contributed by atoms with van der Waals surface area (Å²) in [6.07, 6.45) is 0. The third kappa shape index (κ3) is 5.63. The van der Waals surface area contributed by atoms with Crippen molar-refractivity contribution in [1.82, 2.24) is 5.32 Å². The summed E-state index contributed by atoms with van der Waals surface area (Å²) in [7, 11) is -0.951. The van der Waals surface area contributed by atoms with Crippen LogP contribution in [-0.2, 0) is 14.8 Å². The molecule has 3 aromatic rings. The summed E-state index contributed by atoms with van der Waals surface area (Å²) in [4.78, 5) is 13.1. The number of anilines is 1. The number of para-hydroxylation sites is 1. The Morgan fingerprint density at radius 3 is 2.26 bits per heavy atom. The Hall–Kier alpha value is -3.23. The molecule has 0 saturated carbocycles. The number of sulfonamides is 1. The molecular weight excluding hydrogens is 476 g/mol. The number of hydrogen-bond acceptors (Lipinski definition) is 5. The first-order valence-electron chi connectivity index (χ1n) is 10.5. The summed E-state index contributed by atoms with van der Waals surface area (Å²) in [5, 5.41) is 3.29. The molecule has 3 rings (SSSR count). The standard InChI is InChI=1S/C25H27ClN2O5S/c1-17-7-5-6-8-22(17)28(34(30,31)21-12-10-20(26)11-13-21)16-25(29)27-18(2)19-9-14-23(32-3)24(15-19)33-4/h5-15,18H,16H2,1-4H3,(H,27,29)/t18-/m0/s1. The predicted molar refractivity (Wildman–Crippen MR) is 133 cm³/mol. The highest BCUT2D eigenvalue weighted by Gasteiger charge is 2.28. The van der Waals surface area contributed by atoms with Crippen molar-refractivity contribution in [2.24, 2.45) is 0 Å². The SMILES string of the molecule is COc1ccc([C@H](C)NC(=O)CN(c2ccccc2C)S(=O)(=O)c2ccc(Cl)cc2)cc1OC. The second-order valence-corrected chi connectivity index (χ2v) is 9.95. The third-order valence-electron chi connectivity index (χ3n) is 5.36. The monoisotopic (exact) mass is 502 g/mol. The molecule has 0 fully saturated rings. The predicted octanol–water partition coefficient (Wildman–Crippen LogP) is 4.74. The summed E-state index contributed by atoms with van der Waals surface area (Å²) < 4.78 is 38.7. The van der Waals surface area contributed by atoms with Crippen molar-refractivity contribution in [1.29, 1.82) is 0 Å². The zero-order valence-electron chi connectivity index (χ0n) is 19.4. The zero-order valence-corrected chi connectivity index (χ0v) is 21.0. The fourth-order valence-electron chi connectivity index (χ4n) is 3.50. The number of methoxy groups -OCH3 is 2. The normalized spacial score (nSPS) is 12.0. The van der Waals surface area contributed by atoms with Crippen LogP contribution in [0.3, 0.4) is 0 Å². The Balaban J connectivity index is 1.89. The molecular formula is C25H27ClN2O5S. The van der Waals surface area contributed by atoms with E-state index in [0.717, 1.165) is 15.4 Å². The van der Waals surface area contributed by atoms with Crippen molar-refractivity contribution >= 4 is 33.2 Å². The second-order valence-electron chi connectivity index (χ2n) is 7.66. The van der Waals surface area contributed by atoms with Gasteiger partial charge >= 0.3 is 0 Å². The maximum Gasteiger partial charge on any atom is 0.264 e. The lowest BCUT2D eigenvalue weighted by Gasteiger charge is -2.26. The first kappa shape index (κ1) is 25.4. The lowest BCUT2D eigenvalue weighted by atomic mass is 10.1. The lowest BCUT2D eigenvalue weighted by Crippen LogP contribution is -2.41. The van der Waals surface area contributed by atoms with E-state index in [1.54, 1.807) is 44.4 Å². The third-order valence-corrected chi connectivity index (χ3v) is 7.38. The van der Waals surface area contributed by atoms with Gasteiger partial charge in [0.25, 0.3) is 10.0 Å². The lowest BCUT2D eigenvalue weighted by molar-refractivity contribution is -0.120. The fourth-order valence-corrected chi connectivity index (χ4v) is 5.11. The first-order valence-corrected chi connectivity index (χ1v) is 12.3. The molecule has 0 radical (unpaired) electrons. The smallest absolute Gasteiger partial charge is 0.264 e. The van der Waals surface area contributed by atoms with Gasteiger partial charge in [0.15, 0.2) is 11.5 Å². The van der Waals surface area contributed by atoms with E-state index in [1.165, 1.54) is 31.4 Å². The van der Waals surface area contributed by atoms with Crippen LogP contribution in [0.15, 0.2) is 71.6 Å². The van der Waals surface area contributed by atoms with Gasteiger partial charge < -0.3 is 14.8 Å². The van der Waals surface area contributed by atoms with E-state index in [4.69, 9.17) is 21.1 Å². The Morgan fingerprint density at radius 1 is 1.00 bits per heavy atom. The van der Waals surface area contributed by atoms with E-state index in [0.29, 0.717) is 22.2 Å². The zero-order chi connectivity index (χ0) is 24.9. The number of nitrogens with one attached hydrogen (secondary N) is 1. The summed E-state index contributed by atoms with van der Waals surface area (Å²) in [6, 6.07) is 17.8. The number of carbonyl (C=O) groups is 1. The highest BCUT2D eigenvalue weighted by atomic mass is 35.5. The molecule has 0 spiro atoms. The van der Waals surface area contributed by atoms with Gasteiger partial charge in [0, 0.05) is 5.02 Å². The molecule has 1 amide bonds. The van der Waals surface area contributed by atoms with Crippen LogP contribution in [0.4, 0.5) is 5.69 Å². The number of ether oxygens (including phenoxy) is 2. The van der Waals surface area contributed by atoms with Gasteiger partial charge in [-0.15, -0.1) is 0 Å². The van der Waals surface area contributed by atoms with Crippen molar-refractivity contribution in [3.05, 3.63) is 82.9 Å². The molecule has 7 nitrogen and oxygen atoms in total. The topological polar surface area (TPSA) is 84.9 Å². The van der Waals surface area contributed by atoms with E-state index < -0.39 is 28.5 Å². The van der Waals surface area contributed by atoms with Gasteiger partial charge in [0.2, 0.25) is 5.91 Å². The Bertz CT molecular complexity index is 1260. The molecule has 0 heterocycles. The molecule has 0 aliphatic carbocycles. The van der Waals surface area contributed by atoms with Crippen LogP contribution in [0.2, 0.25) is 5.02 Å². The molecule has 0 saturated heterocycles. The number of halogens is 1. The van der Waals surface area contributed by atoms with Gasteiger partial charge in [-0.2, -0.15) is 0 Å². The number of aryl methyl sites for hydroxylation is 1. The highest BCUT2D eigenvalue weighted by molar-refractivity contribution is 7.92. The van der Waals surface area contributed by atoms with Crippen LogP contribution in [0.25, 0.3) is 0 Å². The van der Waals surface area contributed by atoms with Crippen molar-refractivity contribution in [3.8, 4) is 11.5 Å². The molecule has 180 valence electrons. The number of carbonyl (C=O) groups excluding carboxylic acids is 1. The van der Waals surface area contributed by atoms with Crippen LogP contribution in [-0.4, -0.2) is 35.1 Å². The van der Waals surface area contributed by atoms with Crippen molar-refractivity contribution in [3.63, 3.8) is 0 Å². The first-order chi connectivity index (χ1) is 16.2. The summed E-state index contributed by atoms with van der Waals surface area (Å²) in [6.45, 7) is 3.21. The second kappa shape index (κ2) is 10.8. The van der Waals surface area contributed by atoms with Gasteiger partial charge in [-0.05, 0) is 67.4 Å². The number of nitrogens with zero attached hydrogens (tertiary/aromatic N) is 1. The van der Waals surface area contributed by atoms with Gasteiger partial charge in [-0.25, -0.2) is 8.42 Å². The maximum absolute atomic E-state index is 13.5. The number of hydrogen-bond donors (Lipinski definition) is 1. The number of rotatable bonds is 9. The van der Waals surface area contributed by atoms with E-state index in [9.17, 15) is 13.2 Å². The number of amides is 1. The molecule has 1 N–H and O–H groups in total. The molecule has 0 aliphatic heterocycles. The summed E-state index contributed by atoms with van der Waals surface area (Å²) in [5.41, 5.74) is 1.93. The Kier molecular flexibility index (Phi) is 8.06. The van der Waals surface area contributed by atoms with Gasteiger partial charge in [0.1, 0.15) is 6.54 Å². The Morgan fingerprint density at radius 2 is 1.65 bits per heavy atom. The van der Waals surface area contributed by atoms with Crippen molar-refractivity contribution < 1.29 is 22.7 Å². The minimum absolute atomic E-state index is 0.0425. The quantitative estimate of drug-likeness (QED) is 0.457. The van der Waals surface area contributed by atoms with E-state index in [-0.39, 0.29) is 4.90 Å². The molecule has 0 aliphatic rings.